The molecule has 5 rings (SSSR count). The van der Waals surface area contributed by atoms with Crippen molar-refractivity contribution < 1.29 is 9.59 Å². The van der Waals surface area contributed by atoms with Crippen molar-refractivity contribution in [3.63, 3.8) is 0 Å². The van der Waals surface area contributed by atoms with Crippen molar-refractivity contribution in [2.75, 3.05) is 13.6 Å². The zero-order valence-corrected chi connectivity index (χ0v) is 15.6. The van der Waals surface area contributed by atoms with E-state index < -0.39 is 0 Å². The molecule has 28 heavy (non-hydrogen) atoms. The fourth-order valence-corrected chi connectivity index (χ4v) is 4.37. The molecular weight excluding hydrogens is 346 g/mol. The van der Waals surface area contributed by atoms with Crippen LogP contribution in [0.15, 0.2) is 78.9 Å². The van der Waals surface area contributed by atoms with Crippen LogP contribution in [-0.2, 0) is 0 Å². The van der Waals surface area contributed by atoms with E-state index in [1.54, 1.807) is 11.9 Å². The highest BCUT2D eigenvalue weighted by Crippen LogP contribution is 2.38. The summed E-state index contributed by atoms with van der Waals surface area (Å²) in [5.74, 6) is -0.453. The number of fused-ring (bicyclic) bond motifs is 6. The molecule has 0 saturated carbocycles. The second kappa shape index (κ2) is 6.31. The van der Waals surface area contributed by atoms with E-state index >= 15 is 0 Å². The Morgan fingerprint density at radius 1 is 0.679 bits per heavy atom. The second-order valence-electron chi connectivity index (χ2n) is 7.35. The molecule has 1 heterocycles. The Kier molecular flexibility index (Phi) is 3.76. The number of carbonyl (C=O) groups excluding carboxylic acids is 2. The van der Waals surface area contributed by atoms with Crippen LogP contribution in [0.4, 0.5) is 0 Å². The van der Waals surface area contributed by atoms with Crippen molar-refractivity contribution >= 4 is 33.2 Å². The molecule has 0 N–H and O–H groups in total. The van der Waals surface area contributed by atoms with Crippen LogP contribution in [0.5, 0.6) is 0 Å². The van der Waals surface area contributed by atoms with Gasteiger partial charge in [-0.15, -0.1) is 0 Å². The van der Waals surface area contributed by atoms with E-state index in [0.717, 1.165) is 27.1 Å². The highest BCUT2D eigenvalue weighted by atomic mass is 16.2. The van der Waals surface area contributed by atoms with E-state index in [4.69, 9.17) is 0 Å². The van der Waals surface area contributed by atoms with Crippen molar-refractivity contribution in [3.05, 3.63) is 95.6 Å². The Balaban J connectivity index is 1.91. The van der Waals surface area contributed by atoms with E-state index in [0.29, 0.717) is 17.7 Å². The van der Waals surface area contributed by atoms with Gasteiger partial charge in [-0.05, 0) is 27.1 Å². The molecular formula is C25H19NO2. The molecule has 1 aliphatic heterocycles. The molecule has 3 nitrogen and oxygen atoms in total. The number of hydrogen-bond acceptors (Lipinski definition) is 2. The molecule has 0 aliphatic carbocycles. The largest absolute Gasteiger partial charge is 0.341 e. The van der Waals surface area contributed by atoms with Crippen LogP contribution < -0.4 is 0 Å². The van der Waals surface area contributed by atoms with Gasteiger partial charge in [0, 0.05) is 19.2 Å². The van der Waals surface area contributed by atoms with E-state index in [1.165, 1.54) is 0 Å². The van der Waals surface area contributed by atoms with Crippen LogP contribution in [0.1, 0.15) is 32.2 Å². The first-order valence-electron chi connectivity index (χ1n) is 9.45. The molecule has 0 radical (unpaired) electrons. The SMILES string of the molecule is CN1CC(c2ccccc2)C(=O)c2c(c3ccccc3c3ccccc23)C1=O. The maximum atomic E-state index is 13.8. The van der Waals surface area contributed by atoms with E-state index in [2.05, 4.69) is 0 Å². The van der Waals surface area contributed by atoms with Crippen molar-refractivity contribution in [2.24, 2.45) is 0 Å². The summed E-state index contributed by atoms with van der Waals surface area (Å²) in [6, 6.07) is 25.5. The summed E-state index contributed by atoms with van der Waals surface area (Å²) in [7, 11) is 1.78. The van der Waals surface area contributed by atoms with Gasteiger partial charge < -0.3 is 4.90 Å². The third kappa shape index (κ3) is 2.36. The fourth-order valence-electron chi connectivity index (χ4n) is 4.37. The maximum Gasteiger partial charge on any atom is 0.255 e. The van der Waals surface area contributed by atoms with Crippen molar-refractivity contribution in [1.29, 1.82) is 0 Å². The standard InChI is InChI=1S/C25H19NO2/c1-26-15-21(16-9-3-2-4-10-16)24(27)22-19-13-7-5-11-17(19)18-12-6-8-14-20(18)23(22)25(26)28/h2-14,21H,15H2,1H3. The third-order valence-corrected chi connectivity index (χ3v) is 5.71. The lowest BCUT2D eigenvalue weighted by Gasteiger charge is -2.19. The first-order valence-corrected chi connectivity index (χ1v) is 9.45. The molecule has 4 aromatic rings. The van der Waals surface area contributed by atoms with Gasteiger partial charge in [0.15, 0.2) is 5.78 Å². The summed E-state index contributed by atoms with van der Waals surface area (Å²) >= 11 is 0. The summed E-state index contributed by atoms with van der Waals surface area (Å²) in [6.45, 7) is 0.374. The van der Waals surface area contributed by atoms with E-state index in [1.807, 2.05) is 78.9 Å². The Bertz CT molecular complexity index is 1240. The Morgan fingerprint density at radius 3 is 1.79 bits per heavy atom. The number of Topliss-reactive ketones (excluding diaryl/α,β-unsaturated/α-hetero) is 1. The van der Waals surface area contributed by atoms with Gasteiger partial charge in [-0.2, -0.15) is 0 Å². The first kappa shape index (κ1) is 16.7. The van der Waals surface area contributed by atoms with Crippen LogP contribution in [0.2, 0.25) is 0 Å². The summed E-state index contributed by atoms with van der Waals surface area (Å²) in [5, 5.41) is 3.71. The average Bonchev–Trinajstić information content (AvgIpc) is 2.85. The molecule has 1 amide bonds. The molecule has 3 heteroatoms. The monoisotopic (exact) mass is 365 g/mol. The van der Waals surface area contributed by atoms with Gasteiger partial charge in [-0.1, -0.05) is 78.9 Å². The zero-order valence-electron chi connectivity index (χ0n) is 15.6. The summed E-state index contributed by atoms with van der Waals surface area (Å²) in [4.78, 5) is 28.9. The molecule has 0 aromatic heterocycles. The van der Waals surface area contributed by atoms with Gasteiger partial charge >= 0.3 is 0 Å². The maximum absolute atomic E-state index is 13.8. The average molecular weight is 365 g/mol. The van der Waals surface area contributed by atoms with Gasteiger partial charge in [-0.25, -0.2) is 0 Å². The number of hydrogen-bond donors (Lipinski definition) is 0. The highest BCUT2D eigenvalue weighted by molar-refractivity contribution is 6.28. The van der Waals surface area contributed by atoms with E-state index in [-0.39, 0.29) is 17.6 Å². The molecule has 1 unspecified atom stereocenters. The smallest absolute Gasteiger partial charge is 0.255 e. The summed E-state index contributed by atoms with van der Waals surface area (Å²) in [5.41, 5.74) is 2.02. The Morgan fingerprint density at radius 2 is 1.18 bits per heavy atom. The highest BCUT2D eigenvalue weighted by Gasteiger charge is 2.35. The molecule has 0 saturated heterocycles. The minimum Gasteiger partial charge on any atom is -0.341 e. The normalized spacial score (nSPS) is 17.0. The molecule has 4 aromatic carbocycles. The van der Waals surface area contributed by atoms with Crippen LogP contribution in [0.25, 0.3) is 21.5 Å². The van der Waals surface area contributed by atoms with Gasteiger partial charge in [0.1, 0.15) is 0 Å². The van der Waals surface area contributed by atoms with Crippen LogP contribution in [-0.4, -0.2) is 30.2 Å². The van der Waals surface area contributed by atoms with Gasteiger partial charge in [-0.3, -0.25) is 9.59 Å². The number of benzene rings is 4. The minimum atomic E-state index is -0.374. The summed E-state index contributed by atoms with van der Waals surface area (Å²) < 4.78 is 0. The Hall–Kier alpha value is -3.46. The summed E-state index contributed by atoms with van der Waals surface area (Å²) in [6.07, 6.45) is 0. The van der Waals surface area contributed by atoms with Crippen LogP contribution >= 0.6 is 0 Å². The topological polar surface area (TPSA) is 37.4 Å². The molecule has 1 aliphatic rings. The van der Waals surface area contributed by atoms with Crippen molar-refractivity contribution in [3.8, 4) is 0 Å². The first-order chi connectivity index (χ1) is 13.7. The predicted octanol–water partition coefficient (Wildman–Crippen LogP) is 5.05. The van der Waals surface area contributed by atoms with Crippen molar-refractivity contribution in [2.45, 2.75) is 5.92 Å². The molecule has 136 valence electrons. The lowest BCUT2D eigenvalue weighted by Crippen LogP contribution is -2.30. The molecule has 0 spiro atoms. The van der Waals surface area contributed by atoms with Gasteiger partial charge in [0.05, 0.1) is 11.5 Å². The van der Waals surface area contributed by atoms with Crippen molar-refractivity contribution in [1.82, 2.24) is 4.90 Å². The number of amides is 1. The second-order valence-corrected chi connectivity index (χ2v) is 7.35. The Labute approximate surface area is 163 Å². The zero-order chi connectivity index (χ0) is 19.3. The minimum absolute atomic E-state index is 0.0147. The van der Waals surface area contributed by atoms with E-state index in [9.17, 15) is 9.59 Å². The molecule has 0 bridgehead atoms. The van der Waals surface area contributed by atoms with Crippen LogP contribution in [0.3, 0.4) is 0 Å². The quantitative estimate of drug-likeness (QED) is 0.443. The predicted molar refractivity (Wildman–Crippen MR) is 112 cm³/mol. The number of ketones is 1. The van der Waals surface area contributed by atoms with Gasteiger partial charge in [0.25, 0.3) is 5.91 Å². The fraction of sp³-hybridized carbons (Fsp3) is 0.120. The van der Waals surface area contributed by atoms with Gasteiger partial charge in [0.2, 0.25) is 0 Å². The number of nitrogens with zero attached hydrogens (tertiary/aromatic N) is 1. The molecule has 0 fully saturated rings. The number of rotatable bonds is 1. The lowest BCUT2D eigenvalue weighted by molar-refractivity contribution is 0.0790. The van der Waals surface area contributed by atoms with Crippen LogP contribution in [0, 0.1) is 0 Å². The lowest BCUT2D eigenvalue weighted by atomic mass is 9.84. The number of carbonyl (C=O) groups is 2. The number of likely N-dealkylation sites (N-methyl/N-ethyl adjacent to an activating group) is 1. The molecule has 1 atom stereocenters. The third-order valence-electron chi connectivity index (χ3n) is 5.71.